The molecule has 1 fully saturated rings. The van der Waals surface area contributed by atoms with Crippen molar-refractivity contribution in [3.63, 3.8) is 0 Å². The molecule has 10 nitrogen and oxygen atoms in total. The van der Waals surface area contributed by atoms with Gasteiger partial charge in [-0.15, -0.1) is 0 Å². The maximum absolute atomic E-state index is 14.3. The number of ether oxygens (including phenoxy) is 1. The van der Waals surface area contributed by atoms with Gasteiger partial charge in [-0.25, -0.2) is 4.79 Å². The number of likely N-dealkylation sites (N-methyl/N-ethyl adjacent to an activating group) is 1. The molecule has 1 saturated heterocycles. The van der Waals surface area contributed by atoms with E-state index in [2.05, 4.69) is 36.3 Å². The van der Waals surface area contributed by atoms with E-state index in [1.54, 1.807) is 61.3 Å². The fraction of sp³-hybridized carbons (Fsp3) is 0.558. The topological polar surface area (TPSA) is 125 Å². The molecule has 0 bridgehead atoms. The van der Waals surface area contributed by atoms with Crippen LogP contribution >= 0.6 is 0 Å². The minimum absolute atomic E-state index is 0.0720. The highest BCUT2D eigenvalue weighted by Crippen LogP contribution is 2.27. The standard InChI is InChI=1S/C43H62N4O6/c1-27(2)30(6)47-24-16-15-19-35(47)40(50)45-38(43(7,8)9)41(51)46(10)36(28(3)4)25-29(5)39(49)44-34(42(52)53-11)26-31-20-22-33(23-21-31)37(48)32-17-13-12-14-18-32/h12-14,17-18,20-23,25,27-28,30,34-36,38H,15-16,19,24,26H2,1-11H3,(H,44,49)(H,45,50)/b29-25+. The first-order chi connectivity index (χ1) is 24.9. The summed E-state index contributed by atoms with van der Waals surface area (Å²) >= 11 is 0. The zero-order valence-electron chi connectivity index (χ0n) is 33.7. The summed E-state index contributed by atoms with van der Waals surface area (Å²) < 4.78 is 5.02. The van der Waals surface area contributed by atoms with Crippen LogP contribution in [-0.4, -0.2) is 90.2 Å². The number of methoxy groups -OCH3 is 1. The Morgan fingerprint density at radius 3 is 2.04 bits per heavy atom. The summed E-state index contributed by atoms with van der Waals surface area (Å²) in [5.74, 6) is -1.24. The van der Waals surface area contributed by atoms with E-state index in [0.29, 0.717) is 22.6 Å². The van der Waals surface area contributed by atoms with Crippen molar-refractivity contribution in [3.05, 3.63) is 82.9 Å². The van der Waals surface area contributed by atoms with E-state index in [-0.39, 0.29) is 42.0 Å². The lowest BCUT2D eigenvalue weighted by Crippen LogP contribution is -2.61. The predicted molar refractivity (Wildman–Crippen MR) is 209 cm³/mol. The van der Waals surface area contributed by atoms with E-state index in [0.717, 1.165) is 31.4 Å². The fourth-order valence-corrected chi connectivity index (χ4v) is 6.82. The monoisotopic (exact) mass is 730 g/mol. The molecule has 53 heavy (non-hydrogen) atoms. The first-order valence-electron chi connectivity index (χ1n) is 19.0. The zero-order chi connectivity index (χ0) is 39.6. The largest absolute Gasteiger partial charge is 0.467 e. The molecule has 3 amide bonds. The van der Waals surface area contributed by atoms with Gasteiger partial charge in [0.05, 0.1) is 19.2 Å². The highest BCUT2D eigenvalue weighted by atomic mass is 16.5. The van der Waals surface area contributed by atoms with Crippen LogP contribution in [0.5, 0.6) is 0 Å². The van der Waals surface area contributed by atoms with Crippen LogP contribution in [0, 0.1) is 17.3 Å². The van der Waals surface area contributed by atoms with Crippen LogP contribution in [-0.2, 0) is 30.3 Å². The number of amides is 3. The number of ketones is 1. The second kappa shape index (κ2) is 19.1. The molecule has 2 N–H and O–H groups in total. The van der Waals surface area contributed by atoms with Gasteiger partial charge in [-0.05, 0) is 56.0 Å². The van der Waals surface area contributed by atoms with E-state index in [1.807, 2.05) is 52.8 Å². The van der Waals surface area contributed by atoms with Gasteiger partial charge < -0.3 is 20.3 Å². The Morgan fingerprint density at radius 2 is 1.49 bits per heavy atom. The summed E-state index contributed by atoms with van der Waals surface area (Å²) in [6, 6.07) is 13.6. The average Bonchev–Trinajstić information content (AvgIpc) is 3.13. The van der Waals surface area contributed by atoms with Crippen LogP contribution in [0.15, 0.2) is 66.2 Å². The maximum Gasteiger partial charge on any atom is 0.328 e. The fourth-order valence-electron chi connectivity index (χ4n) is 6.82. The Kier molecular flexibility index (Phi) is 15.6. The van der Waals surface area contributed by atoms with E-state index in [9.17, 15) is 24.0 Å². The summed E-state index contributed by atoms with van der Waals surface area (Å²) in [5.41, 5.74) is 1.58. The van der Waals surface area contributed by atoms with Crippen molar-refractivity contribution < 1.29 is 28.7 Å². The Bertz CT molecular complexity index is 1590. The van der Waals surface area contributed by atoms with Gasteiger partial charge >= 0.3 is 5.97 Å². The van der Waals surface area contributed by atoms with E-state index in [1.165, 1.54) is 7.11 Å². The Hall–Kier alpha value is -4.31. The van der Waals surface area contributed by atoms with E-state index >= 15 is 0 Å². The molecule has 3 rings (SSSR count). The van der Waals surface area contributed by atoms with Gasteiger partial charge in [0.2, 0.25) is 17.7 Å². The van der Waals surface area contributed by atoms with Crippen LogP contribution in [0.4, 0.5) is 0 Å². The lowest BCUT2D eigenvalue weighted by Gasteiger charge is -2.42. The van der Waals surface area contributed by atoms with Gasteiger partial charge in [0.15, 0.2) is 5.78 Å². The summed E-state index contributed by atoms with van der Waals surface area (Å²) in [6.07, 6.45) is 4.66. The van der Waals surface area contributed by atoms with Crippen molar-refractivity contribution in [2.24, 2.45) is 17.3 Å². The number of hydrogen-bond donors (Lipinski definition) is 2. The molecule has 0 saturated carbocycles. The molecule has 0 aromatic heterocycles. The zero-order valence-corrected chi connectivity index (χ0v) is 33.7. The van der Waals surface area contributed by atoms with Gasteiger partial charge in [0.25, 0.3) is 0 Å². The molecular formula is C43H62N4O6. The second-order valence-corrected chi connectivity index (χ2v) is 16.2. The maximum atomic E-state index is 14.3. The smallest absolute Gasteiger partial charge is 0.328 e. The Labute approximate surface area is 317 Å². The highest BCUT2D eigenvalue weighted by Gasteiger charge is 2.40. The van der Waals surface area contributed by atoms with Gasteiger partial charge in [-0.1, -0.05) is 116 Å². The summed E-state index contributed by atoms with van der Waals surface area (Å²) in [5, 5.41) is 5.95. The number of carbonyl (C=O) groups is 5. The number of likely N-dealkylation sites (tertiary alicyclic amines) is 1. The van der Waals surface area contributed by atoms with Crippen LogP contribution < -0.4 is 10.6 Å². The van der Waals surface area contributed by atoms with Gasteiger partial charge in [-0.2, -0.15) is 0 Å². The van der Waals surface area contributed by atoms with Crippen molar-refractivity contribution in [1.82, 2.24) is 20.4 Å². The van der Waals surface area contributed by atoms with Gasteiger partial charge in [0, 0.05) is 36.2 Å². The molecule has 1 aliphatic rings. The molecule has 290 valence electrons. The number of benzene rings is 2. The van der Waals surface area contributed by atoms with Crippen molar-refractivity contribution in [2.75, 3.05) is 20.7 Å². The first kappa shape index (κ1) is 43.1. The van der Waals surface area contributed by atoms with Gasteiger partial charge in [-0.3, -0.25) is 24.1 Å². The van der Waals surface area contributed by atoms with E-state index < -0.39 is 35.4 Å². The number of rotatable bonds is 15. The molecule has 1 heterocycles. The van der Waals surface area contributed by atoms with Crippen LogP contribution in [0.2, 0.25) is 0 Å². The van der Waals surface area contributed by atoms with Crippen LogP contribution in [0.25, 0.3) is 0 Å². The number of nitrogens with one attached hydrogen (secondary N) is 2. The molecule has 0 radical (unpaired) electrons. The molecule has 5 unspecified atom stereocenters. The van der Waals surface area contributed by atoms with E-state index in [4.69, 9.17) is 4.74 Å². The second-order valence-electron chi connectivity index (χ2n) is 16.2. The number of esters is 1. The number of hydrogen-bond acceptors (Lipinski definition) is 7. The molecule has 0 spiro atoms. The third-order valence-electron chi connectivity index (χ3n) is 10.5. The number of piperidine rings is 1. The summed E-state index contributed by atoms with van der Waals surface area (Å²) in [7, 11) is 2.97. The molecule has 0 aliphatic carbocycles. The normalized spacial score (nSPS) is 17.8. The van der Waals surface area contributed by atoms with Crippen molar-refractivity contribution in [3.8, 4) is 0 Å². The molecule has 2 aromatic rings. The molecule has 1 aliphatic heterocycles. The Balaban J connectivity index is 1.77. The minimum atomic E-state index is -0.985. The lowest BCUT2D eigenvalue weighted by molar-refractivity contribution is -0.144. The van der Waals surface area contributed by atoms with Crippen LogP contribution in [0.3, 0.4) is 0 Å². The number of carbonyl (C=O) groups excluding carboxylic acids is 5. The van der Waals surface area contributed by atoms with Crippen molar-refractivity contribution >= 4 is 29.5 Å². The predicted octanol–water partition coefficient (Wildman–Crippen LogP) is 5.98. The SMILES string of the molecule is COC(=O)C(Cc1ccc(C(=O)c2ccccc2)cc1)NC(=O)/C(C)=C/C(C(C)C)N(C)C(=O)C(NC(=O)C1CCCCN1C(C)C(C)C)C(C)(C)C. The minimum Gasteiger partial charge on any atom is -0.467 e. The highest BCUT2D eigenvalue weighted by molar-refractivity contribution is 6.09. The third-order valence-corrected chi connectivity index (χ3v) is 10.5. The number of nitrogens with zero attached hydrogens (tertiary/aromatic N) is 2. The lowest BCUT2D eigenvalue weighted by atomic mass is 9.84. The Morgan fingerprint density at radius 1 is 0.887 bits per heavy atom. The first-order valence-corrected chi connectivity index (χ1v) is 19.0. The van der Waals surface area contributed by atoms with Gasteiger partial charge in [0.1, 0.15) is 12.1 Å². The molecule has 10 heteroatoms. The molecule has 2 aromatic carbocycles. The van der Waals surface area contributed by atoms with Crippen LogP contribution in [0.1, 0.15) is 103 Å². The van der Waals surface area contributed by atoms with Crippen molar-refractivity contribution in [2.45, 2.75) is 118 Å². The average molecular weight is 731 g/mol. The molecule has 5 atom stereocenters. The molecular weight excluding hydrogens is 668 g/mol. The summed E-state index contributed by atoms with van der Waals surface area (Å²) in [6.45, 7) is 18.8. The quantitative estimate of drug-likeness (QED) is 0.131. The summed E-state index contributed by atoms with van der Waals surface area (Å²) in [4.78, 5) is 71.3. The van der Waals surface area contributed by atoms with Crippen molar-refractivity contribution in [1.29, 1.82) is 0 Å². The third kappa shape index (κ3) is 11.6.